The minimum atomic E-state index is -0.164. The van der Waals surface area contributed by atoms with Gasteiger partial charge in [-0.25, -0.2) is 4.68 Å². The van der Waals surface area contributed by atoms with Crippen LogP contribution in [0.4, 0.5) is 0 Å². The average Bonchev–Trinajstić information content (AvgIpc) is 2.64. The quantitative estimate of drug-likeness (QED) is 0.721. The Morgan fingerprint density at radius 2 is 1.79 bits per heavy atom. The van der Waals surface area contributed by atoms with E-state index in [0.717, 1.165) is 11.1 Å². The van der Waals surface area contributed by atoms with Gasteiger partial charge in [0, 0.05) is 30.1 Å². The Hall–Kier alpha value is -3.15. The molecular formula is C18H17N3O3. The van der Waals surface area contributed by atoms with E-state index < -0.39 is 0 Å². The molecule has 6 heteroatoms. The Kier molecular flexibility index (Phi) is 4.56. The number of methoxy groups -OCH3 is 2. The Labute approximate surface area is 139 Å². The molecule has 0 fully saturated rings. The first-order valence-electron chi connectivity index (χ1n) is 7.40. The van der Waals surface area contributed by atoms with Gasteiger partial charge in [-0.05, 0) is 35.9 Å². The molecular weight excluding hydrogens is 306 g/mol. The lowest BCUT2D eigenvalue weighted by molar-refractivity contribution is 0.395. The molecule has 0 atom stereocenters. The van der Waals surface area contributed by atoms with Crippen molar-refractivity contribution in [2.45, 2.75) is 6.54 Å². The van der Waals surface area contributed by atoms with Crippen LogP contribution in [0.15, 0.2) is 59.7 Å². The van der Waals surface area contributed by atoms with Crippen LogP contribution in [0.25, 0.3) is 11.3 Å². The predicted molar refractivity (Wildman–Crippen MR) is 90.4 cm³/mol. The highest BCUT2D eigenvalue weighted by molar-refractivity contribution is 5.68. The van der Waals surface area contributed by atoms with E-state index in [4.69, 9.17) is 9.47 Å². The zero-order valence-corrected chi connectivity index (χ0v) is 13.5. The van der Waals surface area contributed by atoms with Gasteiger partial charge in [-0.1, -0.05) is 0 Å². The van der Waals surface area contributed by atoms with Crippen molar-refractivity contribution >= 4 is 0 Å². The molecule has 1 aromatic carbocycles. The van der Waals surface area contributed by atoms with Crippen molar-refractivity contribution in [1.82, 2.24) is 14.8 Å². The highest BCUT2D eigenvalue weighted by Gasteiger charge is 2.11. The summed E-state index contributed by atoms with van der Waals surface area (Å²) < 4.78 is 12.0. The van der Waals surface area contributed by atoms with E-state index in [2.05, 4.69) is 10.1 Å². The molecule has 0 unspecified atom stereocenters. The molecule has 0 aliphatic rings. The van der Waals surface area contributed by atoms with Crippen molar-refractivity contribution < 1.29 is 9.47 Å². The minimum absolute atomic E-state index is 0.164. The lowest BCUT2D eigenvalue weighted by atomic mass is 10.1. The van der Waals surface area contributed by atoms with Crippen LogP contribution in [0.5, 0.6) is 11.5 Å². The number of pyridine rings is 1. The van der Waals surface area contributed by atoms with Gasteiger partial charge in [0.15, 0.2) is 0 Å². The normalized spacial score (nSPS) is 10.4. The topological polar surface area (TPSA) is 66.2 Å². The third kappa shape index (κ3) is 3.27. The van der Waals surface area contributed by atoms with E-state index in [1.54, 1.807) is 38.7 Å². The Bertz CT molecular complexity index is 892. The first-order chi connectivity index (χ1) is 11.7. The van der Waals surface area contributed by atoms with Gasteiger partial charge in [0.1, 0.15) is 11.5 Å². The van der Waals surface area contributed by atoms with E-state index in [0.29, 0.717) is 23.7 Å². The fourth-order valence-electron chi connectivity index (χ4n) is 2.38. The van der Waals surface area contributed by atoms with Gasteiger partial charge < -0.3 is 9.47 Å². The van der Waals surface area contributed by atoms with Crippen LogP contribution in [0, 0.1) is 0 Å². The molecule has 0 aliphatic heterocycles. The molecule has 24 heavy (non-hydrogen) atoms. The molecule has 0 amide bonds. The van der Waals surface area contributed by atoms with Crippen molar-refractivity contribution in [3.8, 4) is 22.8 Å². The monoisotopic (exact) mass is 323 g/mol. The summed E-state index contributed by atoms with van der Waals surface area (Å²) in [6.07, 6.45) is 3.38. The van der Waals surface area contributed by atoms with E-state index >= 15 is 0 Å². The number of rotatable bonds is 5. The van der Waals surface area contributed by atoms with Crippen LogP contribution in [0.2, 0.25) is 0 Å². The molecule has 0 saturated carbocycles. The van der Waals surface area contributed by atoms with Gasteiger partial charge in [-0.2, -0.15) is 5.10 Å². The molecule has 0 radical (unpaired) electrons. The van der Waals surface area contributed by atoms with Crippen LogP contribution in [0.3, 0.4) is 0 Å². The lowest BCUT2D eigenvalue weighted by Gasteiger charge is -2.11. The van der Waals surface area contributed by atoms with Crippen LogP contribution >= 0.6 is 0 Å². The van der Waals surface area contributed by atoms with Gasteiger partial charge in [0.2, 0.25) is 0 Å². The molecule has 6 nitrogen and oxygen atoms in total. The third-order valence-electron chi connectivity index (χ3n) is 3.63. The zero-order valence-electron chi connectivity index (χ0n) is 13.5. The number of nitrogens with zero attached hydrogens (tertiary/aromatic N) is 3. The van der Waals surface area contributed by atoms with Crippen molar-refractivity contribution in [3.63, 3.8) is 0 Å². The van der Waals surface area contributed by atoms with Crippen molar-refractivity contribution in [2.75, 3.05) is 14.2 Å². The predicted octanol–water partition coefficient (Wildman–Crippen LogP) is 2.37. The fraction of sp³-hybridized carbons (Fsp3) is 0.167. The van der Waals surface area contributed by atoms with Gasteiger partial charge in [-0.3, -0.25) is 9.78 Å². The molecule has 3 rings (SSSR count). The van der Waals surface area contributed by atoms with E-state index in [-0.39, 0.29) is 5.56 Å². The maximum Gasteiger partial charge on any atom is 0.267 e. The van der Waals surface area contributed by atoms with Crippen molar-refractivity contribution in [2.24, 2.45) is 0 Å². The van der Waals surface area contributed by atoms with E-state index in [9.17, 15) is 4.79 Å². The Morgan fingerprint density at radius 1 is 1.00 bits per heavy atom. The highest BCUT2D eigenvalue weighted by atomic mass is 16.5. The van der Waals surface area contributed by atoms with Crippen LogP contribution in [0.1, 0.15) is 5.56 Å². The molecule has 2 aromatic heterocycles. The highest BCUT2D eigenvalue weighted by Crippen LogP contribution is 2.31. The minimum Gasteiger partial charge on any atom is -0.497 e. The number of hydrogen-bond acceptors (Lipinski definition) is 5. The van der Waals surface area contributed by atoms with E-state index in [1.165, 1.54) is 10.7 Å². The number of ether oxygens (including phenoxy) is 2. The molecule has 0 N–H and O–H groups in total. The first kappa shape index (κ1) is 15.7. The summed E-state index contributed by atoms with van der Waals surface area (Å²) in [5.41, 5.74) is 2.24. The van der Waals surface area contributed by atoms with Crippen molar-refractivity contribution in [1.29, 1.82) is 0 Å². The Morgan fingerprint density at radius 3 is 2.50 bits per heavy atom. The number of benzene rings is 1. The molecule has 3 aromatic rings. The summed E-state index contributed by atoms with van der Waals surface area (Å²) in [4.78, 5) is 16.1. The fourth-order valence-corrected chi connectivity index (χ4v) is 2.38. The maximum absolute atomic E-state index is 12.1. The summed E-state index contributed by atoms with van der Waals surface area (Å²) in [6, 6.07) is 12.4. The molecule has 0 aliphatic carbocycles. The number of aromatic nitrogens is 3. The van der Waals surface area contributed by atoms with Gasteiger partial charge in [0.05, 0.1) is 26.5 Å². The molecule has 122 valence electrons. The van der Waals surface area contributed by atoms with Crippen LogP contribution < -0.4 is 15.0 Å². The smallest absolute Gasteiger partial charge is 0.267 e. The number of hydrogen-bond donors (Lipinski definition) is 0. The summed E-state index contributed by atoms with van der Waals surface area (Å²) >= 11 is 0. The van der Waals surface area contributed by atoms with Gasteiger partial charge in [-0.15, -0.1) is 0 Å². The molecule has 0 bridgehead atoms. The standard InChI is InChI=1S/C18H17N3O3/c1-23-14-3-4-15(17(11-14)24-2)16-5-6-18(22)21(20-16)12-13-7-9-19-10-8-13/h3-11H,12H2,1-2H3. The third-order valence-corrected chi connectivity index (χ3v) is 3.63. The maximum atomic E-state index is 12.1. The summed E-state index contributed by atoms with van der Waals surface area (Å²) in [5, 5.41) is 4.46. The average molecular weight is 323 g/mol. The molecule has 2 heterocycles. The SMILES string of the molecule is COc1ccc(-c2ccc(=O)n(Cc3ccncc3)n2)c(OC)c1. The summed E-state index contributed by atoms with van der Waals surface area (Å²) in [5.74, 6) is 1.33. The van der Waals surface area contributed by atoms with Crippen molar-refractivity contribution in [3.05, 3.63) is 70.8 Å². The summed E-state index contributed by atoms with van der Waals surface area (Å²) in [7, 11) is 3.19. The zero-order chi connectivity index (χ0) is 16.9. The lowest BCUT2D eigenvalue weighted by Crippen LogP contribution is -2.22. The second-order valence-corrected chi connectivity index (χ2v) is 5.14. The van der Waals surface area contributed by atoms with E-state index in [1.807, 2.05) is 24.3 Å². The second kappa shape index (κ2) is 6.95. The van der Waals surface area contributed by atoms with Gasteiger partial charge in [0.25, 0.3) is 5.56 Å². The Balaban J connectivity index is 2.01. The first-order valence-corrected chi connectivity index (χ1v) is 7.40. The summed E-state index contributed by atoms with van der Waals surface area (Å²) in [6.45, 7) is 0.383. The molecule has 0 saturated heterocycles. The van der Waals surface area contributed by atoms with Crippen LogP contribution in [-0.2, 0) is 6.54 Å². The van der Waals surface area contributed by atoms with Gasteiger partial charge >= 0.3 is 0 Å². The second-order valence-electron chi connectivity index (χ2n) is 5.14. The largest absolute Gasteiger partial charge is 0.497 e. The van der Waals surface area contributed by atoms with Crippen LogP contribution in [-0.4, -0.2) is 29.0 Å². The molecule has 0 spiro atoms.